The standard InChI is InChI=1S/C15H13ClN2O4/c1-18-7-3-6-12(18)14(20)17-13(19)9-22-15(21)10-4-2-5-11(16)8-10/h2-8H,9H2,1H3,(H,17,19,20). The normalized spacial score (nSPS) is 10.1. The Balaban J connectivity index is 1.87. The van der Waals surface area contributed by atoms with Crippen LogP contribution in [-0.4, -0.2) is 29.0 Å². The van der Waals surface area contributed by atoms with Gasteiger partial charge in [0.25, 0.3) is 11.8 Å². The lowest BCUT2D eigenvalue weighted by atomic mass is 10.2. The SMILES string of the molecule is Cn1cccc1C(=O)NC(=O)COC(=O)c1cccc(Cl)c1. The second kappa shape index (κ2) is 6.91. The van der Waals surface area contributed by atoms with E-state index in [1.165, 1.54) is 12.1 Å². The van der Waals surface area contributed by atoms with Crippen LogP contribution in [0.5, 0.6) is 0 Å². The molecule has 7 heteroatoms. The molecule has 0 aliphatic rings. The number of esters is 1. The van der Waals surface area contributed by atoms with Gasteiger partial charge in [-0.25, -0.2) is 4.79 Å². The smallest absolute Gasteiger partial charge is 0.338 e. The first-order valence-electron chi connectivity index (χ1n) is 6.35. The molecule has 0 bridgehead atoms. The van der Waals surface area contributed by atoms with Crippen LogP contribution in [0, 0.1) is 0 Å². The van der Waals surface area contributed by atoms with Crippen LogP contribution in [0.15, 0.2) is 42.6 Å². The van der Waals surface area contributed by atoms with Gasteiger partial charge in [0.15, 0.2) is 6.61 Å². The van der Waals surface area contributed by atoms with Gasteiger partial charge in [0, 0.05) is 18.3 Å². The van der Waals surface area contributed by atoms with Gasteiger partial charge < -0.3 is 9.30 Å². The van der Waals surface area contributed by atoms with Crippen LogP contribution in [0.2, 0.25) is 5.02 Å². The van der Waals surface area contributed by atoms with Gasteiger partial charge in [0.2, 0.25) is 0 Å². The van der Waals surface area contributed by atoms with Crippen LogP contribution in [0.4, 0.5) is 0 Å². The first-order valence-corrected chi connectivity index (χ1v) is 6.73. The van der Waals surface area contributed by atoms with Gasteiger partial charge in [-0.05, 0) is 30.3 Å². The molecule has 0 unspecified atom stereocenters. The molecule has 1 N–H and O–H groups in total. The average molecular weight is 321 g/mol. The second-order valence-electron chi connectivity index (χ2n) is 4.47. The number of hydrogen-bond donors (Lipinski definition) is 1. The Morgan fingerprint density at radius 2 is 2.00 bits per heavy atom. The first kappa shape index (κ1) is 15.8. The lowest BCUT2D eigenvalue weighted by molar-refractivity contribution is -0.123. The Hall–Kier alpha value is -2.60. The van der Waals surface area contributed by atoms with E-state index in [4.69, 9.17) is 16.3 Å². The molecule has 2 amide bonds. The van der Waals surface area contributed by atoms with Crippen molar-refractivity contribution in [1.82, 2.24) is 9.88 Å². The molecule has 0 fully saturated rings. The number of aryl methyl sites for hydroxylation is 1. The number of aromatic nitrogens is 1. The fourth-order valence-corrected chi connectivity index (χ4v) is 1.94. The van der Waals surface area contributed by atoms with E-state index in [2.05, 4.69) is 5.32 Å². The fraction of sp³-hybridized carbons (Fsp3) is 0.133. The Morgan fingerprint density at radius 3 is 2.64 bits per heavy atom. The number of halogens is 1. The van der Waals surface area contributed by atoms with Crippen molar-refractivity contribution >= 4 is 29.4 Å². The third-order valence-corrected chi connectivity index (χ3v) is 3.06. The van der Waals surface area contributed by atoms with Crippen molar-refractivity contribution in [2.24, 2.45) is 7.05 Å². The highest BCUT2D eigenvalue weighted by Gasteiger charge is 2.15. The highest BCUT2D eigenvalue weighted by Crippen LogP contribution is 2.11. The van der Waals surface area contributed by atoms with Crippen molar-refractivity contribution in [3.8, 4) is 0 Å². The van der Waals surface area contributed by atoms with Gasteiger partial charge in [0.05, 0.1) is 5.56 Å². The van der Waals surface area contributed by atoms with Crippen molar-refractivity contribution in [2.75, 3.05) is 6.61 Å². The Morgan fingerprint density at radius 1 is 1.23 bits per heavy atom. The van der Waals surface area contributed by atoms with E-state index < -0.39 is 24.4 Å². The average Bonchev–Trinajstić information content (AvgIpc) is 2.91. The lowest BCUT2D eigenvalue weighted by Gasteiger charge is -2.06. The fourth-order valence-electron chi connectivity index (χ4n) is 1.75. The minimum atomic E-state index is -0.707. The molecule has 0 saturated carbocycles. The monoisotopic (exact) mass is 320 g/mol. The summed E-state index contributed by atoms with van der Waals surface area (Å²) >= 11 is 5.76. The summed E-state index contributed by atoms with van der Waals surface area (Å²) in [6.45, 7) is -0.554. The van der Waals surface area contributed by atoms with Gasteiger partial charge in [-0.2, -0.15) is 0 Å². The highest BCUT2D eigenvalue weighted by atomic mass is 35.5. The van der Waals surface area contributed by atoms with Gasteiger partial charge >= 0.3 is 5.97 Å². The summed E-state index contributed by atoms with van der Waals surface area (Å²) in [5.41, 5.74) is 0.559. The minimum Gasteiger partial charge on any atom is -0.452 e. The maximum Gasteiger partial charge on any atom is 0.338 e. The molecule has 1 aromatic carbocycles. The van der Waals surface area contributed by atoms with E-state index in [1.54, 1.807) is 42.1 Å². The number of benzene rings is 1. The highest BCUT2D eigenvalue weighted by molar-refractivity contribution is 6.30. The molecule has 0 atom stereocenters. The molecular weight excluding hydrogens is 308 g/mol. The quantitative estimate of drug-likeness (QED) is 0.871. The van der Waals surface area contributed by atoms with Gasteiger partial charge in [0.1, 0.15) is 5.69 Å². The van der Waals surface area contributed by atoms with Gasteiger partial charge in [-0.1, -0.05) is 17.7 Å². The number of nitrogens with one attached hydrogen (secondary N) is 1. The molecule has 0 saturated heterocycles. The molecule has 0 radical (unpaired) electrons. The summed E-state index contributed by atoms with van der Waals surface area (Å²) in [5.74, 6) is -1.96. The summed E-state index contributed by atoms with van der Waals surface area (Å²) in [4.78, 5) is 35.1. The van der Waals surface area contributed by atoms with Crippen LogP contribution in [0.25, 0.3) is 0 Å². The molecular formula is C15H13ClN2O4. The molecule has 22 heavy (non-hydrogen) atoms. The number of ether oxygens (including phenoxy) is 1. The third-order valence-electron chi connectivity index (χ3n) is 2.82. The maximum atomic E-state index is 11.8. The predicted octanol–water partition coefficient (Wildman–Crippen LogP) is 1.79. The zero-order valence-corrected chi connectivity index (χ0v) is 12.5. The predicted molar refractivity (Wildman–Crippen MR) is 79.6 cm³/mol. The molecule has 1 heterocycles. The first-order chi connectivity index (χ1) is 10.5. The molecule has 0 aliphatic carbocycles. The lowest BCUT2D eigenvalue weighted by Crippen LogP contribution is -2.35. The summed E-state index contributed by atoms with van der Waals surface area (Å²) in [7, 11) is 1.68. The number of carbonyl (C=O) groups is 3. The molecule has 114 valence electrons. The minimum absolute atomic E-state index is 0.231. The number of hydrogen-bond acceptors (Lipinski definition) is 4. The zero-order valence-electron chi connectivity index (χ0n) is 11.7. The number of rotatable bonds is 4. The molecule has 2 aromatic rings. The van der Waals surface area contributed by atoms with Crippen LogP contribution in [-0.2, 0) is 16.6 Å². The third kappa shape index (κ3) is 3.95. The Kier molecular flexibility index (Phi) is 4.95. The Bertz CT molecular complexity index is 724. The van der Waals surface area contributed by atoms with E-state index >= 15 is 0 Å². The van der Waals surface area contributed by atoms with E-state index in [-0.39, 0.29) is 5.56 Å². The summed E-state index contributed by atoms with van der Waals surface area (Å²) < 4.78 is 6.39. The van der Waals surface area contributed by atoms with Crippen LogP contribution in [0.3, 0.4) is 0 Å². The van der Waals surface area contributed by atoms with Crippen molar-refractivity contribution in [3.63, 3.8) is 0 Å². The van der Waals surface area contributed by atoms with Crippen LogP contribution >= 0.6 is 11.6 Å². The van der Waals surface area contributed by atoms with Gasteiger partial charge in [-0.15, -0.1) is 0 Å². The molecule has 6 nitrogen and oxygen atoms in total. The summed E-state index contributed by atoms with van der Waals surface area (Å²) in [6.07, 6.45) is 1.68. The largest absolute Gasteiger partial charge is 0.452 e. The van der Waals surface area contributed by atoms with Gasteiger partial charge in [-0.3, -0.25) is 14.9 Å². The van der Waals surface area contributed by atoms with E-state index in [0.29, 0.717) is 10.7 Å². The number of carbonyl (C=O) groups excluding carboxylic acids is 3. The zero-order chi connectivity index (χ0) is 16.1. The maximum absolute atomic E-state index is 11.8. The van der Waals surface area contributed by atoms with Crippen molar-refractivity contribution < 1.29 is 19.1 Å². The van der Waals surface area contributed by atoms with Crippen molar-refractivity contribution in [3.05, 3.63) is 58.9 Å². The van der Waals surface area contributed by atoms with Crippen LogP contribution < -0.4 is 5.32 Å². The van der Waals surface area contributed by atoms with Crippen LogP contribution in [0.1, 0.15) is 20.8 Å². The topological polar surface area (TPSA) is 77.4 Å². The van der Waals surface area contributed by atoms with E-state index in [0.717, 1.165) is 0 Å². The molecule has 0 aliphatic heterocycles. The van der Waals surface area contributed by atoms with Crippen molar-refractivity contribution in [1.29, 1.82) is 0 Å². The van der Waals surface area contributed by atoms with Crippen molar-refractivity contribution in [2.45, 2.75) is 0 Å². The molecule has 0 spiro atoms. The van der Waals surface area contributed by atoms with E-state index in [9.17, 15) is 14.4 Å². The number of imide groups is 1. The summed E-state index contributed by atoms with van der Waals surface area (Å²) in [6, 6.07) is 9.40. The molecule has 1 aromatic heterocycles. The second-order valence-corrected chi connectivity index (χ2v) is 4.90. The molecule has 2 rings (SSSR count). The number of amides is 2. The Labute approximate surface area is 131 Å². The number of nitrogens with zero attached hydrogens (tertiary/aromatic N) is 1. The summed E-state index contributed by atoms with van der Waals surface area (Å²) in [5, 5.41) is 2.53. The van der Waals surface area contributed by atoms with E-state index in [1.807, 2.05) is 0 Å².